The number of halogens is 4. The van der Waals surface area contributed by atoms with Crippen LogP contribution >= 0.6 is 11.6 Å². The molecule has 2 fully saturated rings. The fourth-order valence-electron chi connectivity index (χ4n) is 5.30. The van der Waals surface area contributed by atoms with Crippen molar-refractivity contribution >= 4 is 29.2 Å². The van der Waals surface area contributed by atoms with Crippen LogP contribution in [0.3, 0.4) is 0 Å². The lowest BCUT2D eigenvalue weighted by atomic mass is 9.93. The highest BCUT2D eigenvalue weighted by molar-refractivity contribution is 6.31. The van der Waals surface area contributed by atoms with Gasteiger partial charge in [0.15, 0.2) is 0 Å². The van der Waals surface area contributed by atoms with Gasteiger partial charge in [-0.1, -0.05) is 29.8 Å². The number of benzene rings is 2. The molecule has 9 heteroatoms. The zero-order chi connectivity index (χ0) is 25.3. The molecule has 2 aliphatic rings. The van der Waals surface area contributed by atoms with Crippen molar-refractivity contribution in [2.75, 3.05) is 25.1 Å². The number of anilines is 1. The Hall–Kier alpha value is -2.74. The Bertz CT molecular complexity index is 1100. The molecule has 2 aliphatic heterocycles. The van der Waals surface area contributed by atoms with Gasteiger partial charge in [0.2, 0.25) is 5.91 Å². The summed E-state index contributed by atoms with van der Waals surface area (Å²) in [5.74, 6) is -0.839. The standard InChI is InChI=1S/C26H28ClF3N2O3/c1-16-15-18(26(28,29)30)7-8-21(16)31-13-11-17(12-14-31)24(33)32-22(9-10-23(32)25(34)35-2)19-5-3-4-6-20(19)27/h3-8,15,17,22-23H,9-14H2,1-2H3/t22-,23+/m1/s1. The van der Waals surface area contributed by atoms with Gasteiger partial charge < -0.3 is 14.5 Å². The molecule has 0 bridgehead atoms. The number of carbonyl (C=O) groups is 2. The maximum Gasteiger partial charge on any atom is 0.416 e. The summed E-state index contributed by atoms with van der Waals surface area (Å²) in [6, 6.07) is 10.1. The van der Waals surface area contributed by atoms with Crippen LogP contribution in [0, 0.1) is 12.8 Å². The molecule has 4 rings (SSSR count). The molecule has 2 saturated heterocycles. The first-order valence-electron chi connectivity index (χ1n) is 11.7. The highest BCUT2D eigenvalue weighted by Gasteiger charge is 2.45. The van der Waals surface area contributed by atoms with Crippen LogP contribution in [0.4, 0.5) is 18.9 Å². The van der Waals surface area contributed by atoms with Crippen LogP contribution < -0.4 is 4.90 Å². The van der Waals surface area contributed by atoms with Crippen LogP contribution in [0.1, 0.15) is 48.4 Å². The average Bonchev–Trinajstić information content (AvgIpc) is 3.28. The van der Waals surface area contributed by atoms with E-state index >= 15 is 0 Å². The summed E-state index contributed by atoms with van der Waals surface area (Å²) in [5, 5.41) is 0.549. The third-order valence-corrected chi connectivity index (χ3v) is 7.43. The van der Waals surface area contributed by atoms with Crippen molar-refractivity contribution in [2.24, 2.45) is 5.92 Å². The molecule has 0 spiro atoms. The minimum Gasteiger partial charge on any atom is -0.467 e. The van der Waals surface area contributed by atoms with Crippen molar-refractivity contribution in [1.82, 2.24) is 4.90 Å². The van der Waals surface area contributed by atoms with Gasteiger partial charge in [-0.3, -0.25) is 4.79 Å². The highest BCUT2D eigenvalue weighted by Crippen LogP contribution is 2.41. The first-order valence-corrected chi connectivity index (χ1v) is 12.1. The van der Waals surface area contributed by atoms with Crippen molar-refractivity contribution in [2.45, 2.75) is 50.9 Å². The number of carbonyl (C=O) groups excluding carboxylic acids is 2. The lowest BCUT2D eigenvalue weighted by Gasteiger charge is -2.38. The van der Waals surface area contributed by atoms with E-state index in [4.69, 9.17) is 16.3 Å². The smallest absolute Gasteiger partial charge is 0.416 e. The number of piperidine rings is 1. The summed E-state index contributed by atoms with van der Waals surface area (Å²) in [6.45, 7) is 2.74. The Morgan fingerprint density at radius 3 is 2.31 bits per heavy atom. The maximum atomic E-state index is 13.7. The van der Waals surface area contributed by atoms with Crippen molar-refractivity contribution in [3.05, 3.63) is 64.2 Å². The van der Waals surface area contributed by atoms with Gasteiger partial charge in [0.1, 0.15) is 6.04 Å². The lowest BCUT2D eigenvalue weighted by molar-refractivity contribution is -0.154. The quantitative estimate of drug-likeness (QED) is 0.491. The molecule has 0 unspecified atom stereocenters. The number of ether oxygens (including phenoxy) is 1. The van der Waals surface area contributed by atoms with Crippen LogP contribution in [-0.2, 0) is 20.5 Å². The molecule has 188 valence electrons. The Kier molecular flexibility index (Phi) is 7.31. The fourth-order valence-corrected chi connectivity index (χ4v) is 5.56. The number of likely N-dealkylation sites (tertiary alicyclic amines) is 1. The number of esters is 1. The van der Waals surface area contributed by atoms with E-state index in [1.54, 1.807) is 17.9 Å². The summed E-state index contributed by atoms with van der Waals surface area (Å²) in [7, 11) is 1.32. The summed E-state index contributed by atoms with van der Waals surface area (Å²) >= 11 is 6.43. The molecule has 35 heavy (non-hydrogen) atoms. The minimum absolute atomic E-state index is 0.105. The Balaban J connectivity index is 1.51. The van der Waals surface area contributed by atoms with E-state index in [-0.39, 0.29) is 17.9 Å². The molecule has 0 N–H and O–H groups in total. The van der Waals surface area contributed by atoms with Crippen molar-refractivity contribution < 1.29 is 27.5 Å². The van der Waals surface area contributed by atoms with E-state index in [1.165, 1.54) is 13.2 Å². The summed E-state index contributed by atoms with van der Waals surface area (Å²) < 4.78 is 44.1. The van der Waals surface area contributed by atoms with Crippen LogP contribution in [0.2, 0.25) is 5.02 Å². The van der Waals surface area contributed by atoms with Gasteiger partial charge in [0.05, 0.1) is 18.7 Å². The number of hydrogen-bond acceptors (Lipinski definition) is 4. The van der Waals surface area contributed by atoms with Gasteiger partial charge in [0.25, 0.3) is 0 Å². The van der Waals surface area contributed by atoms with Gasteiger partial charge in [-0.25, -0.2) is 4.79 Å². The second-order valence-electron chi connectivity index (χ2n) is 9.16. The molecule has 2 aromatic rings. The summed E-state index contributed by atoms with van der Waals surface area (Å²) in [5.41, 5.74) is 1.43. The SMILES string of the molecule is COC(=O)[C@@H]1CC[C@H](c2ccccc2Cl)N1C(=O)C1CCN(c2ccc(C(F)(F)F)cc2C)CC1. The van der Waals surface area contributed by atoms with Crippen molar-refractivity contribution in [3.63, 3.8) is 0 Å². The Labute approximate surface area is 207 Å². The number of amides is 1. The number of hydrogen-bond donors (Lipinski definition) is 0. The number of aryl methyl sites for hydroxylation is 1. The van der Waals surface area contributed by atoms with E-state index < -0.39 is 23.8 Å². The second kappa shape index (κ2) is 10.1. The first kappa shape index (κ1) is 25.4. The molecule has 2 atom stereocenters. The molecular formula is C26H28ClF3N2O3. The molecule has 2 aromatic carbocycles. The zero-order valence-corrected chi connectivity index (χ0v) is 20.4. The molecule has 1 amide bonds. The molecule has 0 saturated carbocycles. The van der Waals surface area contributed by atoms with Crippen molar-refractivity contribution in [3.8, 4) is 0 Å². The fraction of sp³-hybridized carbons (Fsp3) is 0.462. The van der Waals surface area contributed by atoms with Gasteiger partial charge in [0, 0.05) is 29.7 Å². The van der Waals surface area contributed by atoms with Crippen LogP contribution in [0.15, 0.2) is 42.5 Å². The van der Waals surface area contributed by atoms with Crippen LogP contribution in [0.5, 0.6) is 0 Å². The molecular weight excluding hydrogens is 481 g/mol. The Morgan fingerprint density at radius 2 is 1.71 bits per heavy atom. The summed E-state index contributed by atoms with van der Waals surface area (Å²) in [4.78, 5) is 29.9. The highest BCUT2D eigenvalue weighted by atomic mass is 35.5. The lowest BCUT2D eigenvalue weighted by Crippen LogP contribution is -2.48. The van der Waals surface area contributed by atoms with Gasteiger partial charge in [-0.2, -0.15) is 13.2 Å². The molecule has 2 heterocycles. The largest absolute Gasteiger partial charge is 0.467 e. The number of methoxy groups -OCH3 is 1. The second-order valence-corrected chi connectivity index (χ2v) is 9.57. The summed E-state index contributed by atoms with van der Waals surface area (Å²) in [6.07, 6.45) is -2.19. The Morgan fingerprint density at radius 1 is 1.03 bits per heavy atom. The predicted octanol–water partition coefficient (Wildman–Crippen LogP) is 5.79. The molecule has 0 aromatic heterocycles. The van der Waals surface area contributed by atoms with E-state index in [1.807, 2.05) is 23.1 Å². The number of nitrogens with zero attached hydrogens (tertiary/aromatic N) is 2. The molecule has 0 radical (unpaired) electrons. The monoisotopic (exact) mass is 508 g/mol. The van der Waals surface area contributed by atoms with E-state index in [0.29, 0.717) is 49.4 Å². The van der Waals surface area contributed by atoms with Gasteiger partial charge >= 0.3 is 12.1 Å². The first-order chi connectivity index (χ1) is 16.6. The third-order valence-electron chi connectivity index (χ3n) is 7.09. The van der Waals surface area contributed by atoms with Gasteiger partial charge in [-0.05, 0) is 68.0 Å². The predicted molar refractivity (Wildman–Crippen MR) is 127 cm³/mol. The minimum atomic E-state index is -4.38. The third kappa shape index (κ3) is 5.13. The van der Waals surface area contributed by atoms with Crippen LogP contribution in [-0.4, -0.2) is 43.0 Å². The number of rotatable bonds is 4. The van der Waals surface area contributed by atoms with E-state index in [2.05, 4.69) is 0 Å². The maximum absolute atomic E-state index is 13.7. The molecule has 5 nitrogen and oxygen atoms in total. The average molecular weight is 509 g/mol. The van der Waals surface area contributed by atoms with Crippen LogP contribution in [0.25, 0.3) is 0 Å². The topological polar surface area (TPSA) is 49.9 Å². The van der Waals surface area contributed by atoms with Crippen molar-refractivity contribution in [1.29, 1.82) is 0 Å². The number of alkyl halides is 3. The molecule has 0 aliphatic carbocycles. The van der Waals surface area contributed by atoms with E-state index in [9.17, 15) is 22.8 Å². The normalized spacial score (nSPS) is 21.3. The van der Waals surface area contributed by atoms with E-state index in [0.717, 1.165) is 23.4 Å². The van der Waals surface area contributed by atoms with Gasteiger partial charge in [-0.15, -0.1) is 0 Å². The zero-order valence-electron chi connectivity index (χ0n) is 19.6.